The molecule has 94 valence electrons. The smallest absolute Gasteiger partial charge is 0.101 e. The van der Waals surface area contributed by atoms with Crippen molar-refractivity contribution in [1.29, 1.82) is 5.41 Å². The first-order valence-corrected chi connectivity index (χ1v) is 6.12. The Morgan fingerprint density at radius 2 is 1.76 bits per heavy atom. The number of nitrogens with one attached hydrogen (secondary N) is 1. The molecule has 0 heterocycles. The van der Waals surface area contributed by atoms with Gasteiger partial charge in [0.15, 0.2) is 0 Å². The van der Waals surface area contributed by atoms with Gasteiger partial charge < -0.3 is 5.73 Å². The Morgan fingerprint density at radius 3 is 2.24 bits per heavy atom. The molecule has 1 aromatic carbocycles. The van der Waals surface area contributed by atoms with Crippen molar-refractivity contribution in [2.24, 2.45) is 5.73 Å². The second kappa shape index (κ2) is 5.47. The molecular weight excluding hydrogens is 279 g/mol. The van der Waals surface area contributed by atoms with Crippen molar-refractivity contribution in [3.63, 3.8) is 0 Å². The first-order valence-electron chi connectivity index (χ1n) is 5.36. The molecule has 1 aromatic rings. The summed E-state index contributed by atoms with van der Waals surface area (Å²) >= 11 is 11.9. The number of rotatable bonds is 2. The molecule has 1 aliphatic rings. The summed E-state index contributed by atoms with van der Waals surface area (Å²) in [4.78, 5) is 0. The average molecular weight is 294 g/mol. The lowest BCUT2D eigenvalue weighted by atomic mass is 9.78. The maximum Gasteiger partial charge on any atom is 0.101 e. The minimum Gasteiger partial charge on any atom is -0.387 e. The summed E-state index contributed by atoms with van der Waals surface area (Å²) in [6, 6.07) is 5.56. The summed E-state index contributed by atoms with van der Waals surface area (Å²) in [7, 11) is 0. The minimum atomic E-state index is -0.311. The SMILES string of the molecule is Cl.N=C(N)C1(c2ccc(Cl)c(Cl)c2)CCCC1. The third kappa shape index (κ3) is 2.54. The Morgan fingerprint density at radius 1 is 1.18 bits per heavy atom. The molecule has 0 aliphatic heterocycles. The van der Waals surface area contributed by atoms with E-state index in [1.54, 1.807) is 6.07 Å². The van der Waals surface area contributed by atoms with E-state index >= 15 is 0 Å². The van der Waals surface area contributed by atoms with E-state index in [1.807, 2.05) is 12.1 Å². The van der Waals surface area contributed by atoms with Gasteiger partial charge in [0.2, 0.25) is 0 Å². The Labute approximate surface area is 117 Å². The highest BCUT2D eigenvalue weighted by atomic mass is 35.5. The van der Waals surface area contributed by atoms with E-state index in [0.717, 1.165) is 31.2 Å². The number of hydrogen-bond acceptors (Lipinski definition) is 1. The monoisotopic (exact) mass is 292 g/mol. The molecular formula is C12H15Cl3N2. The Hall–Kier alpha value is -0.440. The molecule has 1 fully saturated rings. The number of nitrogens with two attached hydrogens (primary N) is 1. The van der Waals surface area contributed by atoms with Gasteiger partial charge in [-0.25, -0.2) is 0 Å². The highest BCUT2D eigenvalue weighted by Gasteiger charge is 2.38. The lowest BCUT2D eigenvalue weighted by molar-refractivity contribution is 0.590. The average Bonchev–Trinajstić information content (AvgIpc) is 2.72. The van der Waals surface area contributed by atoms with Crippen LogP contribution < -0.4 is 5.73 Å². The molecule has 1 aliphatic carbocycles. The highest BCUT2D eigenvalue weighted by molar-refractivity contribution is 6.42. The van der Waals surface area contributed by atoms with E-state index in [0.29, 0.717) is 10.0 Å². The van der Waals surface area contributed by atoms with Crippen LogP contribution in [-0.4, -0.2) is 5.84 Å². The van der Waals surface area contributed by atoms with E-state index in [2.05, 4.69) is 0 Å². The number of halogens is 3. The topological polar surface area (TPSA) is 49.9 Å². The van der Waals surface area contributed by atoms with Crippen molar-refractivity contribution in [3.8, 4) is 0 Å². The molecule has 2 nitrogen and oxygen atoms in total. The van der Waals surface area contributed by atoms with Crippen molar-refractivity contribution < 1.29 is 0 Å². The highest BCUT2D eigenvalue weighted by Crippen LogP contribution is 2.42. The summed E-state index contributed by atoms with van der Waals surface area (Å²) in [5.74, 6) is 0.239. The largest absolute Gasteiger partial charge is 0.387 e. The van der Waals surface area contributed by atoms with Crippen molar-refractivity contribution in [2.45, 2.75) is 31.1 Å². The summed E-state index contributed by atoms with van der Waals surface area (Å²) in [5, 5.41) is 8.88. The van der Waals surface area contributed by atoms with Crippen LogP contribution in [0.3, 0.4) is 0 Å². The third-order valence-corrected chi connectivity index (χ3v) is 4.18. The van der Waals surface area contributed by atoms with Gasteiger partial charge in [0.25, 0.3) is 0 Å². The molecule has 0 unspecified atom stereocenters. The van der Waals surface area contributed by atoms with Crippen LogP contribution >= 0.6 is 35.6 Å². The molecule has 17 heavy (non-hydrogen) atoms. The maximum absolute atomic E-state index is 7.80. The first kappa shape index (κ1) is 14.6. The van der Waals surface area contributed by atoms with E-state index in [9.17, 15) is 0 Å². The standard InChI is InChI=1S/C12H14Cl2N2.ClH/c13-9-4-3-8(7-10(9)14)12(11(15)16)5-1-2-6-12;/h3-4,7H,1-2,5-6H2,(H3,15,16);1H. The zero-order valence-corrected chi connectivity index (χ0v) is 11.6. The van der Waals surface area contributed by atoms with E-state index in [4.69, 9.17) is 34.3 Å². The lowest BCUT2D eigenvalue weighted by Crippen LogP contribution is -2.38. The molecule has 5 heteroatoms. The minimum absolute atomic E-state index is 0. The molecule has 0 bridgehead atoms. The normalized spacial score (nSPS) is 17.5. The Balaban J connectivity index is 0.00000144. The van der Waals surface area contributed by atoms with Gasteiger partial charge in [-0.2, -0.15) is 0 Å². The summed E-state index contributed by atoms with van der Waals surface area (Å²) in [5.41, 5.74) is 6.47. The Bertz CT molecular complexity index is 426. The molecule has 0 atom stereocenters. The fourth-order valence-electron chi connectivity index (χ4n) is 2.49. The van der Waals surface area contributed by atoms with Crippen molar-refractivity contribution >= 4 is 41.4 Å². The second-order valence-corrected chi connectivity index (χ2v) is 5.15. The van der Waals surface area contributed by atoms with Crippen LogP contribution in [0.2, 0.25) is 10.0 Å². The van der Waals surface area contributed by atoms with E-state index in [-0.39, 0.29) is 23.7 Å². The molecule has 0 amide bonds. The number of benzene rings is 1. The zero-order chi connectivity index (χ0) is 11.8. The number of amidine groups is 1. The van der Waals surface area contributed by atoms with Gasteiger partial charge in [-0.15, -0.1) is 12.4 Å². The quantitative estimate of drug-likeness (QED) is 0.624. The third-order valence-electron chi connectivity index (χ3n) is 3.44. The first-order chi connectivity index (χ1) is 7.56. The van der Waals surface area contributed by atoms with Crippen LogP contribution in [0.4, 0.5) is 0 Å². The van der Waals surface area contributed by atoms with E-state index < -0.39 is 0 Å². The van der Waals surface area contributed by atoms with Crippen LogP contribution in [0, 0.1) is 5.41 Å². The van der Waals surface area contributed by atoms with Crippen LogP contribution in [0.25, 0.3) is 0 Å². The fraction of sp³-hybridized carbons (Fsp3) is 0.417. The van der Waals surface area contributed by atoms with Crippen LogP contribution in [0.15, 0.2) is 18.2 Å². The van der Waals surface area contributed by atoms with Gasteiger partial charge in [-0.1, -0.05) is 42.1 Å². The van der Waals surface area contributed by atoms with Crippen molar-refractivity contribution in [2.75, 3.05) is 0 Å². The van der Waals surface area contributed by atoms with Crippen LogP contribution in [0.5, 0.6) is 0 Å². The van der Waals surface area contributed by atoms with E-state index in [1.165, 1.54) is 0 Å². The molecule has 0 radical (unpaired) electrons. The van der Waals surface area contributed by atoms with Gasteiger partial charge in [-0.3, -0.25) is 5.41 Å². The molecule has 3 N–H and O–H groups in total. The summed E-state index contributed by atoms with van der Waals surface area (Å²) in [6.45, 7) is 0. The summed E-state index contributed by atoms with van der Waals surface area (Å²) in [6.07, 6.45) is 4.08. The predicted octanol–water partition coefficient (Wildman–Crippen LogP) is 4.16. The van der Waals surface area contributed by atoms with Gasteiger partial charge >= 0.3 is 0 Å². The van der Waals surface area contributed by atoms with Gasteiger partial charge in [0.1, 0.15) is 5.84 Å². The molecule has 1 saturated carbocycles. The van der Waals surface area contributed by atoms with Crippen LogP contribution in [-0.2, 0) is 5.41 Å². The van der Waals surface area contributed by atoms with Crippen molar-refractivity contribution in [1.82, 2.24) is 0 Å². The zero-order valence-electron chi connectivity index (χ0n) is 9.30. The van der Waals surface area contributed by atoms with Crippen molar-refractivity contribution in [3.05, 3.63) is 33.8 Å². The maximum atomic E-state index is 7.80. The van der Waals surface area contributed by atoms with Gasteiger partial charge in [0.05, 0.1) is 15.5 Å². The second-order valence-electron chi connectivity index (χ2n) is 4.33. The molecule has 2 rings (SSSR count). The molecule has 0 aromatic heterocycles. The van der Waals surface area contributed by atoms with Gasteiger partial charge in [-0.05, 0) is 30.5 Å². The van der Waals surface area contributed by atoms with Crippen LogP contribution in [0.1, 0.15) is 31.2 Å². The molecule has 0 spiro atoms. The Kier molecular flexibility index (Phi) is 4.70. The fourth-order valence-corrected chi connectivity index (χ4v) is 2.78. The van der Waals surface area contributed by atoms with Gasteiger partial charge in [0, 0.05) is 0 Å². The molecule has 0 saturated heterocycles. The lowest BCUT2D eigenvalue weighted by Gasteiger charge is -2.28. The predicted molar refractivity (Wildman–Crippen MR) is 75.8 cm³/mol. The number of hydrogen-bond donors (Lipinski definition) is 2. The summed E-state index contributed by atoms with van der Waals surface area (Å²) < 4.78 is 0.